The lowest BCUT2D eigenvalue weighted by atomic mass is 9.97. The van der Waals surface area contributed by atoms with Gasteiger partial charge in [0.15, 0.2) is 5.84 Å². The number of nitrogens with zero attached hydrogens (tertiary/aromatic N) is 3. The van der Waals surface area contributed by atoms with Gasteiger partial charge >= 0.3 is 0 Å². The third-order valence-electron chi connectivity index (χ3n) is 3.70. The van der Waals surface area contributed by atoms with Crippen molar-refractivity contribution in [1.82, 2.24) is 4.98 Å². The van der Waals surface area contributed by atoms with Gasteiger partial charge in [0.05, 0.1) is 5.69 Å². The van der Waals surface area contributed by atoms with Gasteiger partial charge in [0, 0.05) is 18.8 Å². The highest BCUT2D eigenvalue weighted by Crippen LogP contribution is 2.28. The van der Waals surface area contributed by atoms with Crippen LogP contribution >= 0.6 is 0 Å². The Kier molecular flexibility index (Phi) is 4.60. The molecule has 0 saturated carbocycles. The van der Waals surface area contributed by atoms with Crippen LogP contribution in [0.15, 0.2) is 23.5 Å². The van der Waals surface area contributed by atoms with Crippen molar-refractivity contribution in [2.75, 3.05) is 11.4 Å². The van der Waals surface area contributed by atoms with Crippen molar-refractivity contribution in [3.05, 3.63) is 24.0 Å². The van der Waals surface area contributed by atoms with Gasteiger partial charge in [-0.3, -0.25) is 4.98 Å². The van der Waals surface area contributed by atoms with Crippen LogP contribution in [0.2, 0.25) is 0 Å². The van der Waals surface area contributed by atoms with E-state index >= 15 is 0 Å². The van der Waals surface area contributed by atoms with Crippen molar-refractivity contribution in [3.63, 3.8) is 0 Å². The smallest absolute Gasteiger partial charge is 0.190 e. The molecule has 1 unspecified atom stereocenters. The summed E-state index contributed by atoms with van der Waals surface area (Å²) in [5, 5.41) is 12.0. The molecule has 5 heteroatoms. The Hall–Kier alpha value is -1.78. The van der Waals surface area contributed by atoms with Gasteiger partial charge in [0.1, 0.15) is 5.69 Å². The van der Waals surface area contributed by atoms with E-state index < -0.39 is 0 Å². The minimum Gasteiger partial charge on any atom is -0.409 e. The zero-order valence-corrected chi connectivity index (χ0v) is 11.4. The summed E-state index contributed by atoms with van der Waals surface area (Å²) < 4.78 is 0. The Morgan fingerprint density at radius 1 is 1.58 bits per heavy atom. The lowest BCUT2D eigenvalue weighted by molar-refractivity contribution is 0.318. The molecule has 0 radical (unpaired) electrons. The van der Waals surface area contributed by atoms with Crippen molar-refractivity contribution < 1.29 is 5.21 Å². The van der Waals surface area contributed by atoms with Crippen molar-refractivity contribution in [1.29, 1.82) is 0 Å². The van der Waals surface area contributed by atoms with Gasteiger partial charge in [-0.15, -0.1) is 0 Å². The van der Waals surface area contributed by atoms with Gasteiger partial charge in [-0.1, -0.05) is 18.5 Å². The summed E-state index contributed by atoms with van der Waals surface area (Å²) in [6.45, 7) is 3.22. The van der Waals surface area contributed by atoms with Gasteiger partial charge in [0.2, 0.25) is 0 Å². The number of amidine groups is 1. The van der Waals surface area contributed by atoms with Crippen LogP contribution in [-0.4, -0.2) is 28.6 Å². The van der Waals surface area contributed by atoms with Gasteiger partial charge < -0.3 is 15.8 Å². The molecule has 0 spiro atoms. The second-order valence-corrected chi connectivity index (χ2v) is 4.99. The van der Waals surface area contributed by atoms with Crippen LogP contribution in [0.1, 0.15) is 44.7 Å². The fourth-order valence-electron chi connectivity index (χ4n) is 2.82. The average molecular weight is 262 g/mol. The SMILES string of the molecule is CCCC1CCCCN1c1cccnc1/C(N)=N/O. The number of nitrogens with two attached hydrogens (primary N) is 1. The van der Waals surface area contributed by atoms with Gasteiger partial charge in [-0.25, -0.2) is 0 Å². The fourth-order valence-corrected chi connectivity index (χ4v) is 2.82. The average Bonchev–Trinajstić information content (AvgIpc) is 2.47. The molecule has 2 heterocycles. The molecule has 1 fully saturated rings. The summed E-state index contributed by atoms with van der Waals surface area (Å²) in [5.41, 5.74) is 7.29. The van der Waals surface area contributed by atoms with E-state index in [1.165, 1.54) is 32.1 Å². The first-order valence-electron chi connectivity index (χ1n) is 6.97. The van der Waals surface area contributed by atoms with Crippen molar-refractivity contribution in [2.45, 2.75) is 45.1 Å². The summed E-state index contributed by atoms with van der Waals surface area (Å²) in [5.74, 6) is 0.0800. The number of hydrogen-bond donors (Lipinski definition) is 2. The highest BCUT2D eigenvalue weighted by molar-refractivity contribution is 6.00. The van der Waals surface area contributed by atoms with E-state index in [1.54, 1.807) is 6.20 Å². The molecule has 1 saturated heterocycles. The molecule has 0 amide bonds. The summed E-state index contributed by atoms with van der Waals surface area (Å²) in [4.78, 5) is 6.63. The number of pyridine rings is 1. The Morgan fingerprint density at radius 2 is 2.42 bits per heavy atom. The maximum absolute atomic E-state index is 8.88. The molecule has 104 valence electrons. The normalized spacial score (nSPS) is 20.6. The van der Waals surface area contributed by atoms with Crippen molar-refractivity contribution >= 4 is 11.5 Å². The van der Waals surface area contributed by atoms with Crippen LogP contribution in [0.25, 0.3) is 0 Å². The lowest BCUT2D eigenvalue weighted by Gasteiger charge is -2.38. The van der Waals surface area contributed by atoms with Crippen molar-refractivity contribution in [3.8, 4) is 0 Å². The third kappa shape index (κ3) is 2.97. The van der Waals surface area contributed by atoms with Crippen LogP contribution in [-0.2, 0) is 0 Å². The number of oxime groups is 1. The summed E-state index contributed by atoms with van der Waals surface area (Å²) in [7, 11) is 0. The zero-order chi connectivity index (χ0) is 13.7. The second kappa shape index (κ2) is 6.41. The third-order valence-corrected chi connectivity index (χ3v) is 3.70. The zero-order valence-electron chi connectivity index (χ0n) is 11.4. The van der Waals surface area contributed by atoms with E-state index in [0.717, 1.165) is 12.2 Å². The first-order chi connectivity index (χ1) is 9.27. The van der Waals surface area contributed by atoms with E-state index in [2.05, 4.69) is 22.0 Å². The monoisotopic (exact) mass is 262 g/mol. The van der Waals surface area contributed by atoms with E-state index in [4.69, 9.17) is 10.9 Å². The van der Waals surface area contributed by atoms with Crippen LogP contribution in [0, 0.1) is 0 Å². The van der Waals surface area contributed by atoms with E-state index in [9.17, 15) is 0 Å². The van der Waals surface area contributed by atoms with Gasteiger partial charge in [-0.05, 0) is 37.8 Å². The maximum atomic E-state index is 8.88. The van der Waals surface area contributed by atoms with Crippen molar-refractivity contribution in [2.24, 2.45) is 10.9 Å². The molecule has 1 aliphatic rings. The summed E-state index contributed by atoms with van der Waals surface area (Å²) in [6, 6.07) is 4.45. The molecule has 1 aliphatic heterocycles. The molecule has 5 nitrogen and oxygen atoms in total. The minimum atomic E-state index is 0.0800. The predicted molar refractivity (Wildman–Crippen MR) is 76.6 cm³/mol. The summed E-state index contributed by atoms with van der Waals surface area (Å²) in [6.07, 6.45) is 7.68. The Bertz CT molecular complexity index is 445. The number of aromatic nitrogens is 1. The maximum Gasteiger partial charge on any atom is 0.190 e. The molecule has 3 N–H and O–H groups in total. The second-order valence-electron chi connectivity index (χ2n) is 4.99. The van der Waals surface area contributed by atoms with Crippen LogP contribution < -0.4 is 10.6 Å². The Labute approximate surface area is 114 Å². The Morgan fingerprint density at radius 3 is 3.16 bits per heavy atom. The van der Waals surface area contributed by atoms with E-state index in [0.29, 0.717) is 11.7 Å². The molecular formula is C14H22N4O. The number of piperidine rings is 1. The molecule has 19 heavy (non-hydrogen) atoms. The molecule has 1 aromatic rings. The first kappa shape index (κ1) is 13.6. The van der Waals surface area contributed by atoms with Gasteiger partial charge in [0.25, 0.3) is 0 Å². The number of anilines is 1. The number of rotatable bonds is 4. The number of hydrogen-bond acceptors (Lipinski definition) is 4. The van der Waals surface area contributed by atoms with Crippen LogP contribution in [0.4, 0.5) is 5.69 Å². The molecule has 0 aliphatic carbocycles. The molecule has 2 rings (SSSR count). The topological polar surface area (TPSA) is 74.7 Å². The molecule has 1 atom stereocenters. The molecule has 0 bridgehead atoms. The predicted octanol–water partition coefficient (Wildman–Crippen LogP) is 2.34. The van der Waals surface area contributed by atoms with E-state index in [-0.39, 0.29) is 5.84 Å². The minimum absolute atomic E-state index is 0.0800. The first-order valence-corrected chi connectivity index (χ1v) is 6.97. The fraction of sp³-hybridized carbons (Fsp3) is 0.571. The lowest BCUT2D eigenvalue weighted by Crippen LogP contribution is -2.40. The Balaban J connectivity index is 2.33. The van der Waals surface area contributed by atoms with Crippen LogP contribution in [0.5, 0.6) is 0 Å². The van der Waals surface area contributed by atoms with E-state index in [1.807, 2.05) is 12.1 Å². The largest absolute Gasteiger partial charge is 0.409 e. The highest BCUT2D eigenvalue weighted by atomic mass is 16.4. The standard InChI is InChI=1S/C14H22N4O/c1-2-6-11-7-3-4-10-18(11)12-8-5-9-16-13(12)14(15)17-19/h5,8-9,11,19H,2-4,6-7,10H2,1H3,(H2,15,17). The molecular weight excluding hydrogens is 240 g/mol. The highest BCUT2D eigenvalue weighted by Gasteiger charge is 2.25. The molecule has 0 aromatic carbocycles. The van der Waals surface area contributed by atoms with Gasteiger partial charge in [-0.2, -0.15) is 0 Å². The van der Waals surface area contributed by atoms with Crippen LogP contribution in [0.3, 0.4) is 0 Å². The molecule has 1 aromatic heterocycles. The quantitative estimate of drug-likeness (QED) is 0.378. The summed E-state index contributed by atoms with van der Waals surface area (Å²) >= 11 is 0.